The van der Waals surface area contributed by atoms with Crippen LogP contribution in [0.5, 0.6) is 0 Å². The molecule has 5 heteroatoms. The summed E-state index contributed by atoms with van der Waals surface area (Å²) in [5.41, 5.74) is 8.89. The number of nitrogens with two attached hydrogens (primary N) is 1. The first-order chi connectivity index (χ1) is 9.66. The second-order valence-electron chi connectivity index (χ2n) is 4.47. The molecule has 3 aromatic rings. The highest BCUT2D eigenvalue weighted by Gasteiger charge is 2.13. The number of nitrogens with zero attached hydrogens (tertiary/aromatic N) is 3. The highest BCUT2D eigenvalue weighted by Crippen LogP contribution is 2.31. The molecule has 4 nitrogen and oxygen atoms in total. The van der Waals surface area contributed by atoms with Gasteiger partial charge in [0.1, 0.15) is 5.82 Å². The van der Waals surface area contributed by atoms with Crippen molar-refractivity contribution in [2.45, 2.75) is 0 Å². The van der Waals surface area contributed by atoms with Gasteiger partial charge in [0, 0.05) is 36.3 Å². The molecule has 0 spiro atoms. The number of hydrogen-bond donors (Lipinski definition) is 1. The van der Waals surface area contributed by atoms with E-state index < -0.39 is 0 Å². The van der Waals surface area contributed by atoms with E-state index in [-0.39, 0.29) is 5.82 Å². The average molecular weight is 268 g/mol. The molecule has 0 aliphatic carbocycles. The third-order valence-electron chi connectivity index (χ3n) is 3.18. The van der Waals surface area contributed by atoms with Gasteiger partial charge in [-0.2, -0.15) is 5.10 Å². The molecule has 0 aliphatic rings. The van der Waals surface area contributed by atoms with Crippen molar-refractivity contribution in [3.8, 4) is 22.5 Å². The SMILES string of the molecule is Cn1nccc1-c1cc(N)c(-c2ccccn2)cc1F. The van der Waals surface area contributed by atoms with Crippen LogP contribution in [0.1, 0.15) is 0 Å². The van der Waals surface area contributed by atoms with E-state index in [1.807, 2.05) is 6.07 Å². The topological polar surface area (TPSA) is 56.7 Å². The molecule has 100 valence electrons. The van der Waals surface area contributed by atoms with Crippen LogP contribution in [0.2, 0.25) is 0 Å². The summed E-state index contributed by atoms with van der Waals surface area (Å²) >= 11 is 0. The Morgan fingerprint density at radius 2 is 1.95 bits per heavy atom. The van der Waals surface area contributed by atoms with E-state index in [1.165, 1.54) is 6.07 Å². The summed E-state index contributed by atoms with van der Waals surface area (Å²) < 4.78 is 15.9. The molecule has 0 radical (unpaired) electrons. The molecular weight excluding hydrogens is 255 g/mol. The minimum absolute atomic E-state index is 0.344. The molecule has 2 aromatic heterocycles. The number of nitrogen functional groups attached to an aromatic ring is 1. The Kier molecular flexibility index (Phi) is 2.95. The van der Waals surface area contributed by atoms with Crippen molar-refractivity contribution in [3.63, 3.8) is 0 Å². The normalized spacial score (nSPS) is 10.7. The second-order valence-corrected chi connectivity index (χ2v) is 4.47. The van der Waals surface area contributed by atoms with Crippen LogP contribution >= 0.6 is 0 Å². The van der Waals surface area contributed by atoms with Crippen molar-refractivity contribution >= 4 is 5.69 Å². The standard InChI is InChI=1S/C15H13FN4/c1-20-15(5-7-19-20)10-9-13(17)11(8-12(10)16)14-4-2-3-6-18-14/h2-9H,17H2,1H3. The molecule has 0 unspecified atom stereocenters. The van der Waals surface area contributed by atoms with Crippen molar-refractivity contribution in [2.75, 3.05) is 5.73 Å². The Hall–Kier alpha value is -2.69. The minimum atomic E-state index is -0.344. The monoisotopic (exact) mass is 268 g/mol. The van der Waals surface area contributed by atoms with Gasteiger partial charge in [-0.3, -0.25) is 9.67 Å². The highest BCUT2D eigenvalue weighted by molar-refractivity contribution is 5.79. The van der Waals surface area contributed by atoms with Crippen LogP contribution in [0.25, 0.3) is 22.5 Å². The maximum absolute atomic E-state index is 14.3. The molecule has 0 saturated heterocycles. The molecule has 2 heterocycles. The molecule has 0 aliphatic heterocycles. The van der Waals surface area contributed by atoms with Gasteiger partial charge in [-0.25, -0.2) is 4.39 Å². The second kappa shape index (κ2) is 4.77. The van der Waals surface area contributed by atoms with Crippen LogP contribution in [0, 0.1) is 5.82 Å². The van der Waals surface area contributed by atoms with E-state index in [0.29, 0.717) is 28.2 Å². The summed E-state index contributed by atoms with van der Waals surface area (Å²) in [4.78, 5) is 4.20. The van der Waals surface area contributed by atoms with Crippen molar-refractivity contribution in [1.29, 1.82) is 0 Å². The summed E-state index contributed by atoms with van der Waals surface area (Å²) in [5, 5.41) is 4.04. The molecule has 0 atom stereocenters. The van der Waals surface area contributed by atoms with Gasteiger partial charge in [0.05, 0.1) is 11.4 Å². The fraction of sp³-hybridized carbons (Fsp3) is 0.0667. The third-order valence-corrected chi connectivity index (χ3v) is 3.18. The predicted molar refractivity (Wildman–Crippen MR) is 76.2 cm³/mol. The first-order valence-electron chi connectivity index (χ1n) is 6.15. The molecule has 0 bridgehead atoms. The van der Waals surface area contributed by atoms with E-state index in [9.17, 15) is 4.39 Å². The lowest BCUT2D eigenvalue weighted by Crippen LogP contribution is -1.99. The fourth-order valence-electron chi connectivity index (χ4n) is 2.17. The van der Waals surface area contributed by atoms with E-state index in [0.717, 1.165) is 0 Å². The number of halogens is 1. The van der Waals surface area contributed by atoms with Gasteiger partial charge in [-0.1, -0.05) is 6.07 Å². The summed E-state index contributed by atoms with van der Waals surface area (Å²) in [6.07, 6.45) is 3.28. The van der Waals surface area contributed by atoms with E-state index in [2.05, 4.69) is 10.1 Å². The Labute approximate surface area is 115 Å². The van der Waals surface area contributed by atoms with Gasteiger partial charge in [0.2, 0.25) is 0 Å². The number of hydrogen-bond acceptors (Lipinski definition) is 3. The average Bonchev–Trinajstić information content (AvgIpc) is 2.88. The Bertz CT molecular complexity index is 750. The molecule has 0 amide bonds. The maximum Gasteiger partial charge on any atom is 0.133 e. The Balaban J connectivity index is 2.15. The lowest BCUT2D eigenvalue weighted by Gasteiger charge is -2.10. The molecule has 1 aromatic carbocycles. The summed E-state index contributed by atoms with van der Waals surface area (Å²) in [5.74, 6) is -0.344. The van der Waals surface area contributed by atoms with Crippen LogP contribution in [0.4, 0.5) is 10.1 Å². The third kappa shape index (κ3) is 2.03. The van der Waals surface area contributed by atoms with Crippen molar-refractivity contribution in [3.05, 3.63) is 54.6 Å². The minimum Gasteiger partial charge on any atom is -0.398 e. The zero-order chi connectivity index (χ0) is 14.1. The molecule has 20 heavy (non-hydrogen) atoms. The maximum atomic E-state index is 14.3. The lowest BCUT2D eigenvalue weighted by atomic mass is 10.0. The molecule has 0 fully saturated rings. The molecule has 2 N–H and O–H groups in total. The van der Waals surface area contributed by atoms with Gasteiger partial charge in [0.15, 0.2) is 0 Å². The van der Waals surface area contributed by atoms with Crippen LogP contribution in [0.15, 0.2) is 48.8 Å². The van der Waals surface area contributed by atoms with Gasteiger partial charge >= 0.3 is 0 Å². The van der Waals surface area contributed by atoms with Gasteiger partial charge in [-0.15, -0.1) is 0 Å². The van der Waals surface area contributed by atoms with Crippen LogP contribution in [-0.2, 0) is 7.05 Å². The number of pyridine rings is 1. The first-order valence-corrected chi connectivity index (χ1v) is 6.15. The van der Waals surface area contributed by atoms with Gasteiger partial charge in [0.25, 0.3) is 0 Å². The largest absolute Gasteiger partial charge is 0.398 e. The van der Waals surface area contributed by atoms with Crippen molar-refractivity contribution in [2.24, 2.45) is 7.05 Å². The number of rotatable bonds is 2. The van der Waals surface area contributed by atoms with Crippen LogP contribution in [-0.4, -0.2) is 14.8 Å². The van der Waals surface area contributed by atoms with Crippen LogP contribution < -0.4 is 5.73 Å². The summed E-state index contributed by atoms with van der Waals surface area (Å²) in [6, 6.07) is 10.2. The summed E-state index contributed by atoms with van der Waals surface area (Å²) in [7, 11) is 1.76. The highest BCUT2D eigenvalue weighted by atomic mass is 19.1. The van der Waals surface area contributed by atoms with Gasteiger partial charge in [-0.05, 0) is 30.3 Å². The van der Waals surface area contributed by atoms with E-state index in [1.54, 1.807) is 48.4 Å². The van der Waals surface area contributed by atoms with E-state index >= 15 is 0 Å². The van der Waals surface area contributed by atoms with E-state index in [4.69, 9.17) is 5.73 Å². The molecule has 0 saturated carbocycles. The quantitative estimate of drug-likeness (QED) is 0.727. The zero-order valence-corrected chi connectivity index (χ0v) is 10.9. The number of benzene rings is 1. The molecule has 3 rings (SSSR count). The number of aryl methyl sites for hydroxylation is 1. The zero-order valence-electron chi connectivity index (χ0n) is 10.9. The predicted octanol–water partition coefficient (Wildman–Crippen LogP) is 2.87. The smallest absolute Gasteiger partial charge is 0.133 e. The van der Waals surface area contributed by atoms with Crippen molar-refractivity contribution in [1.82, 2.24) is 14.8 Å². The Morgan fingerprint density at radius 1 is 1.10 bits per heavy atom. The Morgan fingerprint density at radius 3 is 2.60 bits per heavy atom. The molecular formula is C15H13FN4. The van der Waals surface area contributed by atoms with Crippen molar-refractivity contribution < 1.29 is 4.39 Å². The van der Waals surface area contributed by atoms with Crippen LogP contribution in [0.3, 0.4) is 0 Å². The fourth-order valence-corrected chi connectivity index (χ4v) is 2.17. The first kappa shape index (κ1) is 12.3. The number of aromatic nitrogens is 3. The number of anilines is 1. The lowest BCUT2D eigenvalue weighted by molar-refractivity contribution is 0.628. The van der Waals surface area contributed by atoms with Gasteiger partial charge < -0.3 is 5.73 Å². The summed E-state index contributed by atoms with van der Waals surface area (Å²) in [6.45, 7) is 0.